The number of aromatic nitrogens is 2. The summed E-state index contributed by atoms with van der Waals surface area (Å²) >= 11 is 1.57. The Morgan fingerprint density at radius 3 is 1.85 bits per heavy atom. The molecule has 1 aromatic carbocycles. The van der Waals surface area contributed by atoms with Crippen molar-refractivity contribution in [3.63, 3.8) is 0 Å². The molecule has 1 aromatic heterocycles. The van der Waals surface area contributed by atoms with Crippen molar-refractivity contribution in [1.29, 1.82) is 0 Å². The van der Waals surface area contributed by atoms with Crippen molar-refractivity contribution in [2.45, 2.75) is 167 Å². The molecule has 3 N–H and O–H groups in total. The summed E-state index contributed by atoms with van der Waals surface area (Å²) < 4.78 is 52.3. The molecule has 0 aliphatic carbocycles. The van der Waals surface area contributed by atoms with Crippen molar-refractivity contribution in [3.05, 3.63) is 64.3 Å². The number of benzene rings is 1. The van der Waals surface area contributed by atoms with Crippen LogP contribution in [0, 0.1) is 23.7 Å². The van der Waals surface area contributed by atoms with Gasteiger partial charge in [0, 0.05) is 75.6 Å². The number of nitrogens with zero attached hydrogens (tertiary/aromatic N) is 8. The summed E-state index contributed by atoms with van der Waals surface area (Å²) in [6.07, 6.45) is 4.43. The standard InChI is InChI=1S/C64H113N11O14SSi2/c1-17-48(6)58(74(10)63(80)56(46(2)3)71-62(79)57(47(4)5)73(8)9)54(81-11)41-55(76)75-27-21-24-53(75)59(82-12)49(7)60(77)70-52(40-50-22-19-18-20-23-50)61(78)66-26-39-91(13,14)89-92(15,16)45-90-64-67-42-51(43-68-64)44-88-38-37-87-36-35-86-34-33-85-32-31-84-30-29-83-28-25-69-72-65/h18-20,22-23,42-43,46-49,52-54,56-59H,17,21,24-41,44-45H2,1-16H3,(H,66,78)(H,70,77)(H,71,79)/t48-,49+,52-,53-,54+,56-,57-,58-,59+/m0/s1. The molecular weight excluding hydrogens is 1240 g/mol. The second-order valence-electron chi connectivity index (χ2n) is 25.6. The van der Waals surface area contributed by atoms with Gasteiger partial charge >= 0.3 is 0 Å². The normalized spacial score (nSPS) is 16.3. The third kappa shape index (κ3) is 30.0. The van der Waals surface area contributed by atoms with E-state index in [-0.39, 0.29) is 60.1 Å². The zero-order valence-electron chi connectivity index (χ0n) is 58.2. The quantitative estimate of drug-likeness (QED) is 0.0115. The average Bonchev–Trinajstić information content (AvgIpc) is 1.40. The monoisotopic (exact) mass is 1350 g/mol. The zero-order valence-corrected chi connectivity index (χ0v) is 61.0. The predicted octanol–water partition coefficient (Wildman–Crippen LogP) is 6.94. The van der Waals surface area contributed by atoms with Gasteiger partial charge in [-0.3, -0.25) is 28.9 Å². The first-order chi connectivity index (χ1) is 43.8. The molecule has 0 saturated carbocycles. The molecule has 3 rings (SSSR count). The van der Waals surface area contributed by atoms with Gasteiger partial charge in [0.15, 0.2) is 21.8 Å². The first-order valence-corrected chi connectivity index (χ1v) is 39.8. The zero-order chi connectivity index (χ0) is 68.2. The van der Waals surface area contributed by atoms with Crippen LogP contribution >= 0.6 is 11.8 Å². The minimum Gasteiger partial charge on any atom is -0.455 e. The number of hydrogen-bond donors (Lipinski definition) is 3. The summed E-state index contributed by atoms with van der Waals surface area (Å²) in [7, 11) is 4.00. The van der Waals surface area contributed by atoms with Crippen LogP contribution in [0.3, 0.4) is 0 Å². The number of rotatable bonds is 49. The minimum atomic E-state index is -2.31. The van der Waals surface area contributed by atoms with Gasteiger partial charge in [-0.1, -0.05) is 102 Å². The van der Waals surface area contributed by atoms with Crippen molar-refractivity contribution in [2.24, 2.45) is 28.8 Å². The minimum absolute atomic E-state index is 0.0178. The molecule has 5 amide bonds. The molecule has 0 spiro atoms. The van der Waals surface area contributed by atoms with Gasteiger partial charge in [-0.15, -0.1) is 0 Å². The number of thioether (sulfide) groups is 1. The van der Waals surface area contributed by atoms with E-state index >= 15 is 0 Å². The number of ether oxygens (including phenoxy) is 8. The van der Waals surface area contributed by atoms with Crippen LogP contribution in [0.1, 0.15) is 85.3 Å². The molecule has 9 atom stereocenters. The number of nitrogens with one attached hydrogen (secondary N) is 3. The summed E-state index contributed by atoms with van der Waals surface area (Å²) in [5.41, 5.74) is 9.98. The Morgan fingerprint density at radius 1 is 0.750 bits per heavy atom. The van der Waals surface area contributed by atoms with Gasteiger partial charge in [0.25, 0.3) is 0 Å². The Morgan fingerprint density at radius 2 is 1.33 bits per heavy atom. The van der Waals surface area contributed by atoms with E-state index in [9.17, 15) is 24.0 Å². The molecule has 0 bridgehead atoms. The molecule has 25 nitrogen and oxygen atoms in total. The average molecular weight is 1350 g/mol. The van der Waals surface area contributed by atoms with E-state index in [1.54, 1.807) is 62.1 Å². The summed E-state index contributed by atoms with van der Waals surface area (Å²) in [4.78, 5) is 88.5. The number of likely N-dealkylation sites (N-methyl/N-ethyl adjacent to an activating group) is 2. The fraction of sp³-hybridized carbons (Fsp3) is 0.766. The Hall–Kier alpha value is -4.66. The molecule has 1 fully saturated rings. The molecular formula is C64H113N11O14SSi2. The van der Waals surface area contributed by atoms with Crippen LogP contribution in [0.4, 0.5) is 0 Å². The first kappa shape index (κ1) is 81.6. The maximum absolute atomic E-state index is 14.6. The molecule has 1 aliphatic rings. The maximum Gasteiger partial charge on any atom is 0.245 e. The lowest BCUT2D eigenvalue weighted by Crippen LogP contribution is -2.59. The van der Waals surface area contributed by atoms with E-state index in [4.69, 9.17) is 47.5 Å². The number of azide groups is 1. The third-order valence-corrected chi connectivity index (χ3v) is 25.9. The summed E-state index contributed by atoms with van der Waals surface area (Å²) in [6, 6.07) is 7.17. The highest BCUT2D eigenvalue weighted by Gasteiger charge is 2.44. The first-order valence-electron chi connectivity index (χ1n) is 32.6. The fourth-order valence-corrected chi connectivity index (χ4v) is 21.4. The Kier molecular flexibility index (Phi) is 39.2. The van der Waals surface area contributed by atoms with Gasteiger partial charge in [0.05, 0.1) is 122 Å². The van der Waals surface area contributed by atoms with Crippen LogP contribution < -0.4 is 16.0 Å². The molecule has 0 radical (unpaired) electrons. The van der Waals surface area contributed by atoms with Gasteiger partial charge in [0.1, 0.15) is 12.1 Å². The molecule has 2 aromatic rings. The molecule has 1 aliphatic heterocycles. The van der Waals surface area contributed by atoms with Gasteiger partial charge in [-0.25, -0.2) is 9.97 Å². The lowest BCUT2D eigenvalue weighted by Gasteiger charge is -2.41. The Balaban J connectivity index is 1.51. The lowest BCUT2D eigenvalue weighted by molar-refractivity contribution is -0.148. The largest absolute Gasteiger partial charge is 0.455 e. The van der Waals surface area contributed by atoms with E-state index in [1.165, 1.54) is 0 Å². The van der Waals surface area contributed by atoms with Crippen molar-refractivity contribution >= 4 is 57.9 Å². The number of carbonyl (C=O) groups excluding carboxylic acids is 5. The van der Waals surface area contributed by atoms with E-state index in [0.29, 0.717) is 129 Å². The highest BCUT2D eigenvalue weighted by molar-refractivity contribution is 8.00. The maximum atomic E-state index is 14.6. The Labute approximate surface area is 555 Å². The highest BCUT2D eigenvalue weighted by Crippen LogP contribution is 2.31. The smallest absolute Gasteiger partial charge is 0.245 e. The summed E-state index contributed by atoms with van der Waals surface area (Å²) in [6.45, 7) is 28.6. The highest BCUT2D eigenvalue weighted by atomic mass is 32.2. The van der Waals surface area contributed by atoms with Crippen LogP contribution in [0.5, 0.6) is 0 Å². The number of hydrogen-bond acceptors (Lipinski definition) is 19. The summed E-state index contributed by atoms with van der Waals surface area (Å²) in [5.74, 6) is -2.33. The van der Waals surface area contributed by atoms with E-state index in [0.717, 1.165) is 16.5 Å². The van der Waals surface area contributed by atoms with Crippen molar-refractivity contribution < 1.29 is 66.0 Å². The molecule has 92 heavy (non-hydrogen) atoms. The van der Waals surface area contributed by atoms with E-state index in [2.05, 4.69) is 62.1 Å². The van der Waals surface area contributed by atoms with Crippen LogP contribution in [-0.2, 0) is 79.0 Å². The van der Waals surface area contributed by atoms with Gasteiger partial charge in [-0.2, -0.15) is 0 Å². The van der Waals surface area contributed by atoms with Gasteiger partial charge < -0.3 is 67.8 Å². The van der Waals surface area contributed by atoms with Crippen LogP contribution in [-0.4, -0.2) is 246 Å². The van der Waals surface area contributed by atoms with Crippen molar-refractivity contribution in [2.75, 3.05) is 133 Å². The van der Waals surface area contributed by atoms with Crippen molar-refractivity contribution in [1.82, 2.24) is 40.6 Å². The molecule has 522 valence electrons. The van der Waals surface area contributed by atoms with Crippen LogP contribution in [0.25, 0.3) is 10.4 Å². The SMILES string of the molecule is CC[C@H](C)[C@@H]([C@@H](CC(=O)N1CCC[C@H]1[C@H](OC)[C@@H](C)C(=O)N[C@@H](Cc1ccccc1)C(=O)NCC[Si](C)(C)O[Si](C)(C)CSc1ncc(COCCOCCOCCOCCOCCOCCN=[N+]=[N-])cn1)OC)N(C)C(=O)[C@@H](NC(=O)[C@H](C(C)C)N(C)C)C(C)C. The number of amides is 5. The van der Waals surface area contributed by atoms with Crippen LogP contribution in [0.15, 0.2) is 53.0 Å². The molecule has 1 saturated heterocycles. The van der Waals surface area contributed by atoms with Gasteiger partial charge in [0.2, 0.25) is 29.5 Å². The Bertz CT molecular complexity index is 2480. The third-order valence-electron chi connectivity index (χ3n) is 16.2. The number of carbonyl (C=O) groups is 5. The summed E-state index contributed by atoms with van der Waals surface area (Å²) in [5, 5.41) is 14.0. The topological polar surface area (TPSA) is 289 Å². The predicted molar refractivity (Wildman–Crippen MR) is 362 cm³/mol. The second kappa shape index (κ2) is 44.2. The van der Waals surface area contributed by atoms with E-state index in [1.807, 2.05) is 90.9 Å². The molecule has 2 heterocycles. The van der Waals surface area contributed by atoms with Crippen molar-refractivity contribution in [3.8, 4) is 0 Å². The fourth-order valence-electron chi connectivity index (χ4n) is 11.4. The number of likely N-dealkylation sites (tertiary alicyclic amines) is 1. The molecule has 0 unspecified atom stereocenters. The lowest BCUT2D eigenvalue weighted by atomic mass is 9.89. The van der Waals surface area contributed by atoms with Gasteiger partial charge in [-0.05, 0) is 88.0 Å². The second-order valence-corrected chi connectivity index (χ2v) is 35.8. The molecule has 28 heteroatoms. The van der Waals surface area contributed by atoms with Crippen LogP contribution in [0.2, 0.25) is 32.2 Å². The van der Waals surface area contributed by atoms with E-state index < -0.39 is 65.0 Å². The number of methoxy groups -OCH3 is 2.